The van der Waals surface area contributed by atoms with E-state index in [0.29, 0.717) is 25.3 Å². The molecule has 2 atom stereocenters. The molecule has 92 valence electrons. The number of carbonyl (C=O) groups excluding carboxylic acids is 1. The van der Waals surface area contributed by atoms with Gasteiger partial charge in [0.05, 0.1) is 24.3 Å². The molecule has 5 heteroatoms. The van der Waals surface area contributed by atoms with Gasteiger partial charge in [-0.05, 0) is 19.1 Å². The highest BCUT2D eigenvalue weighted by atomic mass is 16.5. The summed E-state index contributed by atoms with van der Waals surface area (Å²) in [6.07, 6.45) is 3.18. The van der Waals surface area contributed by atoms with Crippen LogP contribution in [0.25, 0.3) is 0 Å². The Bertz CT molecular complexity index is 383. The van der Waals surface area contributed by atoms with Gasteiger partial charge in [-0.25, -0.2) is 0 Å². The summed E-state index contributed by atoms with van der Waals surface area (Å²) in [4.78, 5) is 18.0. The fourth-order valence-corrected chi connectivity index (χ4v) is 1.90. The Hall–Kier alpha value is -1.46. The molecule has 1 fully saturated rings. The van der Waals surface area contributed by atoms with Crippen LogP contribution in [0.2, 0.25) is 0 Å². The average Bonchev–Trinajstić information content (AvgIpc) is 2.39. The standard InChI is InChI=1S/C12H17N3O2/c1-9-8-17-11(5-13)7-15(9)12(16)10-3-2-4-14-6-10/h2-4,6,9,11H,5,7-8,13H2,1H3. The van der Waals surface area contributed by atoms with E-state index in [-0.39, 0.29) is 18.1 Å². The maximum Gasteiger partial charge on any atom is 0.255 e. The van der Waals surface area contributed by atoms with E-state index < -0.39 is 0 Å². The molecule has 2 unspecified atom stereocenters. The number of nitrogens with two attached hydrogens (primary N) is 1. The Morgan fingerprint density at radius 3 is 3.18 bits per heavy atom. The lowest BCUT2D eigenvalue weighted by Gasteiger charge is -2.37. The van der Waals surface area contributed by atoms with Crippen LogP contribution in [0.4, 0.5) is 0 Å². The number of amides is 1. The van der Waals surface area contributed by atoms with E-state index in [1.165, 1.54) is 0 Å². The Morgan fingerprint density at radius 1 is 1.71 bits per heavy atom. The third-order valence-electron chi connectivity index (χ3n) is 2.94. The number of morpholine rings is 1. The van der Waals surface area contributed by atoms with E-state index in [2.05, 4.69) is 4.98 Å². The molecular weight excluding hydrogens is 218 g/mol. The molecule has 5 nitrogen and oxygen atoms in total. The molecule has 0 spiro atoms. The second-order valence-corrected chi connectivity index (χ2v) is 4.24. The van der Waals surface area contributed by atoms with Gasteiger partial charge >= 0.3 is 0 Å². The fourth-order valence-electron chi connectivity index (χ4n) is 1.90. The zero-order valence-electron chi connectivity index (χ0n) is 9.87. The Balaban J connectivity index is 2.12. The van der Waals surface area contributed by atoms with E-state index in [1.54, 1.807) is 29.4 Å². The van der Waals surface area contributed by atoms with Crippen molar-refractivity contribution >= 4 is 5.91 Å². The molecule has 2 heterocycles. The topological polar surface area (TPSA) is 68.5 Å². The van der Waals surface area contributed by atoms with Crippen LogP contribution < -0.4 is 5.73 Å². The summed E-state index contributed by atoms with van der Waals surface area (Å²) in [5.41, 5.74) is 6.18. The van der Waals surface area contributed by atoms with Gasteiger partial charge in [0.25, 0.3) is 5.91 Å². The first-order chi connectivity index (χ1) is 8.22. The molecule has 1 amide bonds. The molecule has 1 aromatic rings. The van der Waals surface area contributed by atoms with Gasteiger partial charge < -0.3 is 15.4 Å². The number of hydrogen-bond donors (Lipinski definition) is 1. The first-order valence-corrected chi connectivity index (χ1v) is 5.75. The molecule has 0 saturated carbocycles. The molecular formula is C12H17N3O2. The van der Waals surface area contributed by atoms with Crippen LogP contribution in [0.5, 0.6) is 0 Å². The Kier molecular flexibility index (Phi) is 3.71. The molecule has 0 aromatic carbocycles. The van der Waals surface area contributed by atoms with Crippen LogP contribution in [0.15, 0.2) is 24.5 Å². The van der Waals surface area contributed by atoms with Crippen LogP contribution in [0, 0.1) is 0 Å². The number of nitrogens with zero attached hydrogens (tertiary/aromatic N) is 2. The molecule has 0 radical (unpaired) electrons. The van der Waals surface area contributed by atoms with Crippen molar-refractivity contribution in [2.45, 2.75) is 19.1 Å². The first kappa shape index (κ1) is 12.0. The van der Waals surface area contributed by atoms with Crippen LogP contribution in [0.1, 0.15) is 17.3 Å². The van der Waals surface area contributed by atoms with Crippen molar-refractivity contribution in [3.8, 4) is 0 Å². The maximum atomic E-state index is 12.3. The van der Waals surface area contributed by atoms with Gasteiger partial charge in [0.15, 0.2) is 0 Å². The van der Waals surface area contributed by atoms with Crippen LogP contribution in [-0.4, -0.2) is 47.6 Å². The molecule has 1 aromatic heterocycles. The predicted octanol–water partition coefficient (Wildman–Crippen LogP) is 0.270. The zero-order valence-corrected chi connectivity index (χ0v) is 9.87. The normalized spacial score (nSPS) is 24.7. The lowest BCUT2D eigenvalue weighted by molar-refractivity contribution is -0.0426. The Labute approximate surface area is 101 Å². The van der Waals surface area contributed by atoms with Crippen molar-refractivity contribution in [1.29, 1.82) is 0 Å². The van der Waals surface area contributed by atoms with Gasteiger partial charge in [-0.2, -0.15) is 0 Å². The van der Waals surface area contributed by atoms with Crippen molar-refractivity contribution in [2.24, 2.45) is 5.73 Å². The van der Waals surface area contributed by atoms with Crippen LogP contribution in [-0.2, 0) is 4.74 Å². The highest BCUT2D eigenvalue weighted by Gasteiger charge is 2.29. The molecule has 1 aliphatic rings. The average molecular weight is 235 g/mol. The lowest BCUT2D eigenvalue weighted by Crippen LogP contribution is -2.52. The summed E-state index contributed by atoms with van der Waals surface area (Å²) >= 11 is 0. The maximum absolute atomic E-state index is 12.3. The minimum absolute atomic E-state index is 0.00708. The summed E-state index contributed by atoms with van der Waals surface area (Å²) < 4.78 is 5.52. The third-order valence-corrected chi connectivity index (χ3v) is 2.94. The number of hydrogen-bond acceptors (Lipinski definition) is 4. The summed E-state index contributed by atoms with van der Waals surface area (Å²) in [6.45, 7) is 3.49. The molecule has 2 N–H and O–H groups in total. The summed E-state index contributed by atoms with van der Waals surface area (Å²) in [5.74, 6) is -0.00708. The van der Waals surface area contributed by atoms with Gasteiger partial charge in [0.2, 0.25) is 0 Å². The number of carbonyl (C=O) groups is 1. The predicted molar refractivity (Wildman–Crippen MR) is 63.5 cm³/mol. The van der Waals surface area contributed by atoms with Crippen LogP contribution in [0.3, 0.4) is 0 Å². The van der Waals surface area contributed by atoms with Gasteiger partial charge in [-0.15, -0.1) is 0 Å². The smallest absolute Gasteiger partial charge is 0.255 e. The van der Waals surface area contributed by atoms with Crippen LogP contribution >= 0.6 is 0 Å². The monoisotopic (exact) mass is 235 g/mol. The SMILES string of the molecule is CC1COC(CN)CN1C(=O)c1cccnc1. The summed E-state index contributed by atoms with van der Waals surface area (Å²) in [6, 6.07) is 3.61. The van der Waals surface area contributed by atoms with E-state index >= 15 is 0 Å². The van der Waals surface area contributed by atoms with Gasteiger partial charge in [-0.1, -0.05) is 0 Å². The quantitative estimate of drug-likeness (QED) is 0.799. The van der Waals surface area contributed by atoms with Gasteiger partial charge in [0, 0.05) is 25.5 Å². The zero-order chi connectivity index (χ0) is 12.3. The first-order valence-electron chi connectivity index (χ1n) is 5.75. The van der Waals surface area contributed by atoms with E-state index in [4.69, 9.17) is 10.5 Å². The summed E-state index contributed by atoms with van der Waals surface area (Å²) in [5, 5.41) is 0. The molecule has 2 rings (SSSR count). The molecule has 0 bridgehead atoms. The van der Waals surface area contributed by atoms with Gasteiger partial charge in [-0.3, -0.25) is 9.78 Å². The number of pyridine rings is 1. The largest absolute Gasteiger partial charge is 0.373 e. The second-order valence-electron chi connectivity index (χ2n) is 4.24. The van der Waals surface area contributed by atoms with Crippen molar-refractivity contribution in [2.75, 3.05) is 19.7 Å². The minimum Gasteiger partial charge on any atom is -0.373 e. The van der Waals surface area contributed by atoms with E-state index in [9.17, 15) is 4.79 Å². The molecule has 0 aliphatic carbocycles. The highest BCUT2D eigenvalue weighted by molar-refractivity contribution is 5.94. The summed E-state index contributed by atoms with van der Waals surface area (Å²) in [7, 11) is 0. The van der Waals surface area contributed by atoms with E-state index in [1.807, 2.05) is 6.92 Å². The minimum atomic E-state index is -0.0631. The van der Waals surface area contributed by atoms with Crippen molar-refractivity contribution in [3.05, 3.63) is 30.1 Å². The van der Waals surface area contributed by atoms with E-state index in [0.717, 1.165) is 0 Å². The second kappa shape index (κ2) is 5.25. The molecule has 1 aliphatic heterocycles. The number of rotatable bonds is 2. The van der Waals surface area contributed by atoms with Crippen molar-refractivity contribution < 1.29 is 9.53 Å². The Morgan fingerprint density at radius 2 is 2.53 bits per heavy atom. The van der Waals surface area contributed by atoms with Crippen molar-refractivity contribution in [1.82, 2.24) is 9.88 Å². The van der Waals surface area contributed by atoms with Gasteiger partial charge in [0.1, 0.15) is 0 Å². The van der Waals surface area contributed by atoms with Crippen molar-refractivity contribution in [3.63, 3.8) is 0 Å². The lowest BCUT2D eigenvalue weighted by atomic mass is 10.1. The number of aromatic nitrogens is 1. The number of ether oxygens (including phenoxy) is 1. The molecule has 17 heavy (non-hydrogen) atoms. The third kappa shape index (κ3) is 2.62. The fraction of sp³-hybridized carbons (Fsp3) is 0.500. The molecule has 1 saturated heterocycles. The highest BCUT2D eigenvalue weighted by Crippen LogP contribution is 2.14.